The topological polar surface area (TPSA) is 37.3 Å². The summed E-state index contributed by atoms with van der Waals surface area (Å²) in [4.78, 5) is 9.00. The summed E-state index contributed by atoms with van der Waals surface area (Å²) in [6.45, 7) is 1.08. The van der Waals surface area contributed by atoms with Crippen molar-refractivity contribution in [3.63, 3.8) is 0 Å². The Morgan fingerprint density at radius 1 is 1.25 bits per heavy atom. The van der Waals surface area contributed by atoms with Gasteiger partial charge >= 0.3 is 8.41 Å². The predicted molar refractivity (Wildman–Crippen MR) is 19.1 cm³/mol. The van der Waals surface area contributed by atoms with E-state index in [1.165, 1.54) is 0 Å². The molecule has 0 aliphatic carbocycles. The average molecular weight is 128 g/mol. The van der Waals surface area contributed by atoms with Crippen molar-refractivity contribution in [1.29, 1.82) is 0 Å². The quantitative estimate of drug-likeness (QED) is 0.329. The summed E-state index contributed by atoms with van der Waals surface area (Å²) < 4.78 is 0. The first-order chi connectivity index (χ1) is 1.73. The van der Waals surface area contributed by atoms with Crippen molar-refractivity contribution in [3.8, 4) is 0 Å². The second-order valence-electron chi connectivity index (χ2n) is 0.519. The smallest absolute Gasteiger partial charge is 1.00 e. The molecule has 0 fully saturated rings. The maximum atomic E-state index is 9.00. The van der Waals surface area contributed by atoms with Gasteiger partial charge in [0.05, 0.1) is 0 Å². The van der Waals surface area contributed by atoms with Crippen LogP contribution in [0.15, 0.2) is 0 Å². The van der Waals surface area contributed by atoms with E-state index in [1.54, 1.807) is 0 Å². The van der Waals surface area contributed by atoms with Crippen LogP contribution in [0.1, 0.15) is 6.92 Å². The molecule has 1 N–H and O–H groups in total. The molecule has 8 heavy (non-hydrogen) atoms. The zero-order valence-electron chi connectivity index (χ0n) is 4.07. The van der Waals surface area contributed by atoms with Crippen LogP contribution < -0.4 is 14.1 Å². The largest absolute Gasteiger partial charge is 3.00 e. The summed E-state index contributed by atoms with van der Waals surface area (Å²) in [5.41, 5.74) is 0. The van der Waals surface area contributed by atoms with Crippen molar-refractivity contribution in [1.82, 2.24) is 0 Å². The van der Waals surface area contributed by atoms with Gasteiger partial charge in [-0.2, -0.15) is 0 Å². The number of carboxylic acids is 1. The zero-order valence-corrected chi connectivity index (χ0v) is 4.07. The van der Waals surface area contributed by atoms with Crippen LogP contribution in [-0.2, 0) is 4.79 Å². The first-order valence-electron chi connectivity index (χ1n) is 0.928. The first kappa shape index (κ1) is 54.2. The van der Waals surface area contributed by atoms with Crippen LogP contribution in [0.5, 0.6) is 0 Å². The van der Waals surface area contributed by atoms with E-state index in [2.05, 4.69) is 0 Å². The number of carbonyl (C=O) groups is 1. The van der Waals surface area contributed by atoms with Crippen molar-refractivity contribution in [3.05, 3.63) is 0 Å². The van der Waals surface area contributed by atoms with Crippen molar-refractivity contribution in [2.45, 2.75) is 6.92 Å². The Morgan fingerprint density at radius 3 is 1.25 bits per heavy atom. The van der Waals surface area contributed by atoms with E-state index in [9.17, 15) is 0 Å². The third-order valence-electron chi connectivity index (χ3n) is 0. The maximum absolute atomic E-state index is 9.00. The molecule has 0 rings (SSSR count). The summed E-state index contributed by atoms with van der Waals surface area (Å²) in [7, 11) is 0. The third kappa shape index (κ3) is 219. The molecule has 0 aromatic rings. The Bertz CT molecular complexity index is 38.3. The van der Waals surface area contributed by atoms with E-state index < -0.39 is 5.97 Å². The molecule has 0 bridgehead atoms. The van der Waals surface area contributed by atoms with E-state index in [0.717, 1.165) is 6.92 Å². The average Bonchev–Trinajstić information content (AvgIpc) is 0.811. The summed E-state index contributed by atoms with van der Waals surface area (Å²) in [6.07, 6.45) is 0. The second kappa shape index (κ2) is 33.2. The fraction of sp³-hybridized carbons (Fsp3) is 0.500. The molecular weight excluding hydrogens is 124 g/mol. The van der Waals surface area contributed by atoms with Gasteiger partial charge < -0.3 is 19.2 Å². The minimum absolute atomic E-state index is 0. The van der Waals surface area contributed by atoms with E-state index >= 15 is 0 Å². The molecule has 0 aromatic carbocycles. The van der Waals surface area contributed by atoms with Crippen LogP contribution in [0.25, 0.3) is 0 Å². The van der Waals surface area contributed by atoms with Crippen LogP contribution in [0, 0.1) is 0 Å². The molecule has 0 aliphatic rings. The van der Waals surface area contributed by atoms with Crippen molar-refractivity contribution < 1.29 is 24.0 Å². The standard InChI is InChI=1S/C2H4O2.B.3FH/c1-2(3)4;;;;/h1H3,(H,3,4);;3*1H/q;+3;;;/p-3. The molecule has 0 amide bonds. The normalized spacial score (nSPS) is 3.12. The molecule has 2 nitrogen and oxygen atoms in total. The first-order valence-corrected chi connectivity index (χ1v) is 0.928. The van der Waals surface area contributed by atoms with Crippen LogP contribution in [0.4, 0.5) is 0 Å². The van der Waals surface area contributed by atoms with E-state index in [-0.39, 0.29) is 22.5 Å². The van der Waals surface area contributed by atoms with Crippen molar-refractivity contribution >= 4 is 14.4 Å². The fourth-order valence-electron chi connectivity index (χ4n) is 0. The maximum Gasteiger partial charge on any atom is 3.00 e. The number of hydrogen-bond acceptors (Lipinski definition) is 1. The fourth-order valence-corrected chi connectivity index (χ4v) is 0. The molecule has 0 heterocycles. The Labute approximate surface area is 46.6 Å². The van der Waals surface area contributed by atoms with Crippen molar-refractivity contribution in [2.75, 3.05) is 0 Å². The number of carboxylic acid groups (broad SMARTS) is 1. The minimum atomic E-state index is -0.833. The summed E-state index contributed by atoms with van der Waals surface area (Å²) >= 11 is 0. The molecule has 0 spiro atoms. The van der Waals surface area contributed by atoms with Gasteiger partial charge in [0.15, 0.2) is 0 Å². The number of aliphatic carboxylic acids is 1. The Balaban J connectivity index is -0.00000000750. The zero-order chi connectivity index (χ0) is 3.58. The van der Waals surface area contributed by atoms with Gasteiger partial charge in [0.2, 0.25) is 0 Å². The number of halogens is 3. The predicted octanol–water partition coefficient (Wildman–Crippen LogP) is -9.28. The molecule has 0 aromatic heterocycles. The molecular formula is C2H4BF3O2. The van der Waals surface area contributed by atoms with Crippen molar-refractivity contribution in [2.24, 2.45) is 0 Å². The molecule has 0 atom stereocenters. The van der Waals surface area contributed by atoms with E-state index in [0.29, 0.717) is 0 Å². The number of rotatable bonds is 0. The summed E-state index contributed by atoms with van der Waals surface area (Å²) in [5, 5.41) is 7.42. The van der Waals surface area contributed by atoms with Gasteiger partial charge in [0.25, 0.3) is 5.97 Å². The second-order valence-corrected chi connectivity index (χ2v) is 0.519. The SMILES string of the molecule is CC(=O)O.[B+3].[F-].[F-].[F-]. The summed E-state index contributed by atoms with van der Waals surface area (Å²) in [5.74, 6) is -0.833. The van der Waals surface area contributed by atoms with Gasteiger partial charge in [0.1, 0.15) is 0 Å². The Morgan fingerprint density at radius 2 is 1.25 bits per heavy atom. The molecule has 6 heteroatoms. The molecule has 0 saturated heterocycles. The van der Waals surface area contributed by atoms with Gasteiger partial charge in [-0.3, -0.25) is 4.79 Å². The van der Waals surface area contributed by atoms with Gasteiger partial charge in [-0.05, 0) is 0 Å². The van der Waals surface area contributed by atoms with Crippen LogP contribution in [-0.4, -0.2) is 19.5 Å². The molecule has 0 unspecified atom stereocenters. The van der Waals surface area contributed by atoms with Gasteiger partial charge in [-0.1, -0.05) is 0 Å². The van der Waals surface area contributed by atoms with E-state index in [1.807, 2.05) is 0 Å². The van der Waals surface area contributed by atoms with E-state index in [4.69, 9.17) is 9.90 Å². The minimum Gasteiger partial charge on any atom is -1.00 e. The molecule has 0 radical (unpaired) electrons. The molecule has 0 aliphatic heterocycles. The molecule has 48 valence electrons. The van der Waals surface area contributed by atoms with Gasteiger partial charge in [-0.15, -0.1) is 0 Å². The van der Waals surface area contributed by atoms with Crippen LogP contribution in [0.2, 0.25) is 0 Å². The molecule has 0 saturated carbocycles. The number of hydrogen-bond donors (Lipinski definition) is 1. The Kier molecular flexibility index (Phi) is 225. The van der Waals surface area contributed by atoms with Crippen LogP contribution >= 0.6 is 0 Å². The third-order valence-corrected chi connectivity index (χ3v) is 0. The monoisotopic (exact) mass is 128 g/mol. The van der Waals surface area contributed by atoms with Crippen LogP contribution in [0.3, 0.4) is 0 Å². The Hall–Kier alpha value is -0.675. The van der Waals surface area contributed by atoms with Gasteiger partial charge in [0, 0.05) is 6.92 Å². The van der Waals surface area contributed by atoms with Gasteiger partial charge in [-0.25, -0.2) is 0 Å². The summed E-state index contributed by atoms with van der Waals surface area (Å²) in [6, 6.07) is 0.